The molecule has 0 radical (unpaired) electrons. The van der Waals surface area contributed by atoms with E-state index >= 15 is 0 Å². The van der Waals surface area contributed by atoms with Crippen LogP contribution in [0.1, 0.15) is 37.8 Å². The molecule has 1 aromatic rings. The van der Waals surface area contributed by atoms with Crippen LogP contribution in [0.2, 0.25) is 0 Å². The van der Waals surface area contributed by atoms with Crippen molar-refractivity contribution >= 4 is 27.2 Å². The van der Waals surface area contributed by atoms with E-state index in [1.807, 2.05) is 13.8 Å². The van der Waals surface area contributed by atoms with Gasteiger partial charge in [-0.1, -0.05) is 26.1 Å². The van der Waals surface area contributed by atoms with Crippen LogP contribution < -0.4 is 10.5 Å². The Bertz CT molecular complexity index is 630. The predicted molar refractivity (Wildman–Crippen MR) is 86.3 cm³/mol. The second kappa shape index (κ2) is 6.37. The van der Waals surface area contributed by atoms with E-state index in [4.69, 9.17) is 18.0 Å². The Morgan fingerprint density at radius 3 is 2.05 bits per heavy atom. The maximum absolute atomic E-state index is 13.3. The molecule has 0 unspecified atom stereocenters. The van der Waals surface area contributed by atoms with E-state index in [9.17, 15) is 12.8 Å². The lowest BCUT2D eigenvalue weighted by Gasteiger charge is -2.31. The maximum atomic E-state index is 13.3. The average molecular weight is 332 g/mol. The summed E-state index contributed by atoms with van der Waals surface area (Å²) < 4.78 is 41.3. The second-order valence-corrected chi connectivity index (χ2v) is 7.19. The van der Waals surface area contributed by atoms with Crippen molar-refractivity contribution in [2.24, 2.45) is 5.73 Å². The number of hydrogen-bond donors (Lipinski definition) is 2. The highest BCUT2D eigenvalue weighted by atomic mass is 32.2. The number of sulfonamides is 1. The van der Waals surface area contributed by atoms with Gasteiger partial charge in [-0.3, -0.25) is 0 Å². The zero-order valence-electron chi connectivity index (χ0n) is 12.7. The van der Waals surface area contributed by atoms with E-state index in [1.165, 1.54) is 12.1 Å². The van der Waals surface area contributed by atoms with Crippen LogP contribution >= 0.6 is 12.2 Å². The minimum Gasteiger partial charge on any atom is -0.392 e. The van der Waals surface area contributed by atoms with E-state index in [0.717, 1.165) is 0 Å². The molecule has 4 nitrogen and oxygen atoms in total. The van der Waals surface area contributed by atoms with Crippen molar-refractivity contribution in [1.29, 1.82) is 0 Å². The third kappa shape index (κ3) is 3.59. The molecule has 0 fully saturated rings. The summed E-state index contributed by atoms with van der Waals surface area (Å²) in [5, 5.41) is 0. The van der Waals surface area contributed by atoms with Crippen LogP contribution in [-0.2, 0) is 10.0 Å². The van der Waals surface area contributed by atoms with Gasteiger partial charge in [-0.15, -0.1) is 0 Å². The van der Waals surface area contributed by atoms with Gasteiger partial charge in [-0.2, -0.15) is 4.72 Å². The molecule has 118 valence electrons. The lowest BCUT2D eigenvalue weighted by molar-refractivity contribution is 0.465. The molecule has 0 aromatic heterocycles. The molecule has 1 aromatic carbocycles. The van der Waals surface area contributed by atoms with Crippen molar-refractivity contribution in [1.82, 2.24) is 4.72 Å². The molecule has 0 spiro atoms. The van der Waals surface area contributed by atoms with Gasteiger partial charge in [0.05, 0.1) is 15.4 Å². The fraction of sp³-hybridized carbons (Fsp3) is 0.500. The van der Waals surface area contributed by atoms with Crippen molar-refractivity contribution in [2.75, 3.05) is 0 Å². The standard InChI is InChI=1S/C14H21FN2O2S2/c1-5-14(6-2,13(16)20)17-21(18,19)12-9(3)7-11(15)8-10(12)4/h7-8,17H,5-6H2,1-4H3,(H2,16,20). The smallest absolute Gasteiger partial charge is 0.241 e. The van der Waals surface area contributed by atoms with E-state index in [-0.39, 0.29) is 9.88 Å². The first-order chi connectivity index (χ1) is 9.59. The van der Waals surface area contributed by atoms with Crippen LogP contribution in [0.4, 0.5) is 4.39 Å². The van der Waals surface area contributed by atoms with Gasteiger partial charge in [0.25, 0.3) is 0 Å². The van der Waals surface area contributed by atoms with Crippen molar-refractivity contribution in [3.8, 4) is 0 Å². The number of nitrogens with two attached hydrogens (primary N) is 1. The number of thiocarbonyl (C=S) groups is 1. The first-order valence-electron chi connectivity index (χ1n) is 6.70. The van der Waals surface area contributed by atoms with Gasteiger partial charge >= 0.3 is 0 Å². The number of aryl methyl sites for hydroxylation is 2. The first kappa shape index (κ1) is 18.0. The number of nitrogens with one attached hydrogen (secondary N) is 1. The van der Waals surface area contributed by atoms with E-state index in [1.54, 1.807) is 13.8 Å². The van der Waals surface area contributed by atoms with Crippen LogP contribution in [0, 0.1) is 19.7 Å². The summed E-state index contributed by atoms with van der Waals surface area (Å²) in [4.78, 5) is 0.180. The second-order valence-electron chi connectivity index (χ2n) is 5.13. The van der Waals surface area contributed by atoms with Crippen LogP contribution in [-0.4, -0.2) is 18.9 Å². The molecule has 0 amide bonds. The number of benzene rings is 1. The van der Waals surface area contributed by atoms with E-state index in [2.05, 4.69) is 4.72 Å². The molecule has 0 aliphatic rings. The summed E-state index contributed by atoms with van der Waals surface area (Å²) in [5.41, 5.74) is 5.45. The summed E-state index contributed by atoms with van der Waals surface area (Å²) in [7, 11) is -3.85. The SMILES string of the molecule is CCC(CC)(NS(=O)(=O)c1c(C)cc(F)cc1C)C(N)=S. The van der Waals surface area contributed by atoms with Crippen molar-refractivity contribution < 1.29 is 12.8 Å². The molecular weight excluding hydrogens is 311 g/mol. The van der Waals surface area contributed by atoms with Gasteiger partial charge in [0, 0.05) is 0 Å². The highest BCUT2D eigenvalue weighted by molar-refractivity contribution is 7.89. The highest BCUT2D eigenvalue weighted by Gasteiger charge is 2.36. The van der Waals surface area contributed by atoms with Gasteiger partial charge in [0.1, 0.15) is 5.82 Å². The molecule has 0 aliphatic heterocycles. The Kier molecular flexibility index (Phi) is 5.46. The third-order valence-corrected chi connectivity index (χ3v) is 5.93. The van der Waals surface area contributed by atoms with Crippen molar-refractivity contribution in [2.45, 2.75) is 51.0 Å². The minimum absolute atomic E-state index is 0.0754. The normalized spacial score (nSPS) is 12.4. The molecule has 0 saturated heterocycles. The number of halogens is 1. The van der Waals surface area contributed by atoms with E-state index < -0.39 is 21.4 Å². The Hall–Kier alpha value is -1.05. The third-order valence-electron chi connectivity index (χ3n) is 3.70. The van der Waals surface area contributed by atoms with Gasteiger partial charge < -0.3 is 5.73 Å². The lowest BCUT2D eigenvalue weighted by Crippen LogP contribution is -2.55. The minimum atomic E-state index is -3.85. The van der Waals surface area contributed by atoms with Crippen LogP contribution in [0.5, 0.6) is 0 Å². The zero-order chi connectivity index (χ0) is 16.4. The zero-order valence-corrected chi connectivity index (χ0v) is 14.3. The molecule has 21 heavy (non-hydrogen) atoms. The monoisotopic (exact) mass is 332 g/mol. The summed E-state index contributed by atoms with van der Waals surface area (Å²) in [6.45, 7) is 6.75. The topological polar surface area (TPSA) is 72.2 Å². The first-order valence-corrected chi connectivity index (χ1v) is 8.59. The van der Waals surface area contributed by atoms with Gasteiger partial charge in [-0.25, -0.2) is 12.8 Å². The van der Waals surface area contributed by atoms with E-state index in [0.29, 0.717) is 24.0 Å². The molecule has 0 bridgehead atoms. The number of hydrogen-bond acceptors (Lipinski definition) is 3. The predicted octanol–water partition coefficient (Wildman–Crippen LogP) is 2.57. The van der Waals surface area contributed by atoms with Gasteiger partial charge in [-0.05, 0) is 49.9 Å². The fourth-order valence-corrected chi connectivity index (χ4v) is 4.81. The molecule has 1 rings (SSSR count). The van der Waals surface area contributed by atoms with Gasteiger partial charge in [0.2, 0.25) is 10.0 Å². The summed E-state index contributed by atoms with van der Waals surface area (Å²) in [6.07, 6.45) is 0.884. The van der Waals surface area contributed by atoms with Crippen LogP contribution in [0.3, 0.4) is 0 Å². The fourth-order valence-electron chi connectivity index (χ4n) is 2.42. The summed E-state index contributed by atoms with van der Waals surface area (Å²) in [5.74, 6) is -0.462. The van der Waals surface area contributed by atoms with Gasteiger partial charge in [0.15, 0.2) is 0 Å². The molecule has 7 heteroatoms. The van der Waals surface area contributed by atoms with Crippen molar-refractivity contribution in [3.05, 3.63) is 29.1 Å². The maximum Gasteiger partial charge on any atom is 0.241 e. The average Bonchev–Trinajstić information content (AvgIpc) is 2.33. The Balaban J connectivity index is 3.40. The van der Waals surface area contributed by atoms with Crippen molar-refractivity contribution in [3.63, 3.8) is 0 Å². The Morgan fingerprint density at radius 1 is 1.29 bits per heavy atom. The molecule has 0 heterocycles. The Labute approximate surface area is 131 Å². The molecular formula is C14H21FN2O2S2. The molecule has 3 N–H and O–H groups in total. The molecule has 0 saturated carbocycles. The number of rotatable bonds is 6. The lowest BCUT2D eigenvalue weighted by atomic mass is 9.94. The largest absolute Gasteiger partial charge is 0.392 e. The Morgan fingerprint density at radius 2 is 1.71 bits per heavy atom. The van der Waals surface area contributed by atoms with Crippen LogP contribution in [0.25, 0.3) is 0 Å². The quantitative estimate of drug-likeness (QED) is 0.785. The summed E-state index contributed by atoms with van der Waals surface area (Å²) >= 11 is 5.02. The van der Waals surface area contributed by atoms with Crippen LogP contribution in [0.15, 0.2) is 17.0 Å². The molecule has 0 aliphatic carbocycles. The highest BCUT2D eigenvalue weighted by Crippen LogP contribution is 2.25. The molecule has 0 atom stereocenters. The summed E-state index contributed by atoms with van der Waals surface area (Å²) in [6, 6.07) is 2.39.